The van der Waals surface area contributed by atoms with E-state index in [0.29, 0.717) is 13.0 Å². The fourth-order valence-electron chi connectivity index (χ4n) is 2.21. The second-order valence-electron chi connectivity index (χ2n) is 4.74. The van der Waals surface area contributed by atoms with Gasteiger partial charge in [-0.1, -0.05) is 28.9 Å². The molecule has 1 aliphatic rings. The van der Waals surface area contributed by atoms with Crippen LogP contribution in [0.5, 0.6) is 0 Å². The van der Waals surface area contributed by atoms with Crippen LogP contribution >= 0.6 is 15.9 Å². The number of aliphatic hydroxyl groups excluding tert-OH is 1. The van der Waals surface area contributed by atoms with Crippen molar-refractivity contribution < 1.29 is 14.7 Å². The average molecular weight is 341 g/mol. The van der Waals surface area contributed by atoms with Gasteiger partial charge in [0.15, 0.2) is 0 Å². The number of amides is 2. The minimum Gasteiger partial charge on any atom is -0.394 e. The number of anilines is 1. The molecule has 0 aliphatic carbocycles. The van der Waals surface area contributed by atoms with E-state index in [9.17, 15) is 9.59 Å². The van der Waals surface area contributed by atoms with Crippen LogP contribution in [0.4, 0.5) is 5.69 Å². The van der Waals surface area contributed by atoms with Crippen LogP contribution in [0.2, 0.25) is 0 Å². The first kappa shape index (κ1) is 15.0. The standard InChI is InChI=1S/C14H17BrN2O3/c1-2-11(8-18)16-13(19)14(20)17-6-5-9-3-4-10(15)7-12(9)17/h3-4,7,11,18H,2,5-6,8H2,1H3,(H,16,19). The number of rotatable bonds is 3. The van der Waals surface area contributed by atoms with Gasteiger partial charge in [-0.05, 0) is 30.5 Å². The first-order valence-corrected chi connectivity index (χ1v) is 7.37. The lowest BCUT2D eigenvalue weighted by Gasteiger charge is -2.19. The van der Waals surface area contributed by atoms with Gasteiger partial charge in [0.1, 0.15) is 0 Å². The van der Waals surface area contributed by atoms with Crippen molar-refractivity contribution in [1.82, 2.24) is 5.32 Å². The Morgan fingerprint density at radius 3 is 2.90 bits per heavy atom. The van der Waals surface area contributed by atoms with E-state index in [0.717, 1.165) is 22.1 Å². The van der Waals surface area contributed by atoms with Crippen LogP contribution in [-0.2, 0) is 16.0 Å². The molecule has 2 rings (SSSR count). The molecule has 2 N–H and O–H groups in total. The summed E-state index contributed by atoms with van der Waals surface area (Å²) >= 11 is 3.37. The second-order valence-corrected chi connectivity index (χ2v) is 5.66. The van der Waals surface area contributed by atoms with Crippen LogP contribution in [0.1, 0.15) is 18.9 Å². The molecule has 108 valence electrons. The molecule has 0 aromatic heterocycles. The number of nitrogens with zero attached hydrogens (tertiary/aromatic N) is 1. The van der Waals surface area contributed by atoms with Crippen molar-refractivity contribution in [3.05, 3.63) is 28.2 Å². The third kappa shape index (κ3) is 3.02. The second kappa shape index (κ2) is 6.37. The highest BCUT2D eigenvalue weighted by atomic mass is 79.9. The van der Waals surface area contributed by atoms with Gasteiger partial charge in [0.2, 0.25) is 0 Å². The first-order chi connectivity index (χ1) is 9.56. The minimum absolute atomic E-state index is 0.169. The maximum absolute atomic E-state index is 12.2. The first-order valence-electron chi connectivity index (χ1n) is 6.58. The van der Waals surface area contributed by atoms with Crippen molar-refractivity contribution in [2.24, 2.45) is 0 Å². The highest BCUT2D eigenvalue weighted by molar-refractivity contribution is 9.10. The third-order valence-electron chi connectivity index (χ3n) is 3.43. The van der Waals surface area contributed by atoms with Gasteiger partial charge >= 0.3 is 11.8 Å². The molecule has 0 fully saturated rings. The molecular formula is C14H17BrN2O3. The summed E-state index contributed by atoms with van der Waals surface area (Å²) in [4.78, 5) is 25.6. The van der Waals surface area contributed by atoms with Crippen molar-refractivity contribution in [3.63, 3.8) is 0 Å². The molecule has 6 heteroatoms. The van der Waals surface area contributed by atoms with Crippen LogP contribution in [0.15, 0.2) is 22.7 Å². The number of halogens is 1. The Bertz CT molecular complexity index is 529. The molecule has 1 unspecified atom stereocenters. The summed E-state index contributed by atoms with van der Waals surface area (Å²) in [5, 5.41) is 11.6. The third-order valence-corrected chi connectivity index (χ3v) is 3.92. The summed E-state index contributed by atoms with van der Waals surface area (Å²) in [7, 11) is 0. The lowest BCUT2D eigenvalue weighted by Crippen LogP contribution is -2.47. The summed E-state index contributed by atoms with van der Waals surface area (Å²) in [5.41, 5.74) is 1.83. The largest absolute Gasteiger partial charge is 0.394 e. The molecule has 1 aromatic rings. The number of carbonyl (C=O) groups excluding carboxylic acids is 2. The number of hydrogen-bond acceptors (Lipinski definition) is 3. The molecule has 0 saturated heterocycles. The van der Waals surface area contributed by atoms with E-state index in [4.69, 9.17) is 5.11 Å². The fraction of sp³-hybridized carbons (Fsp3) is 0.429. The van der Waals surface area contributed by atoms with Gasteiger partial charge < -0.3 is 15.3 Å². The van der Waals surface area contributed by atoms with Crippen LogP contribution in [0, 0.1) is 0 Å². The number of benzene rings is 1. The van der Waals surface area contributed by atoms with E-state index in [2.05, 4.69) is 21.2 Å². The van der Waals surface area contributed by atoms with E-state index < -0.39 is 11.8 Å². The van der Waals surface area contributed by atoms with Crippen molar-refractivity contribution >= 4 is 33.4 Å². The molecule has 1 aromatic carbocycles. The summed E-state index contributed by atoms with van der Waals surface area (Å²) in [6.45, 7) is 2.18. The highest BCUT2D eigenvalue weighted by Gasteiger charge is 2.30. The molecule has 1 aliphatic heterocycles. The van der Waals surface area contributed by atoms with Gasteiger partial charge in [-0.2, -0.15) is 0 Å². The zero-order valence-electron chi connectivity index (χ0n) is 11.2. The quantitative estimate of drug-likeness (QED) is 0.813. The molecule has 20 heavy (non-hydrogen) atoms. The smallest absolute Gasteiger partial charge is 0.316 e. The minimum atomic E-state index is -0.668. The van der Waals surface area contributed by atoms with Crippen molar-refractivity contribution in [3.8, 4) is 0 Å². The summed E-state index contributed by atoms with van der Waals surface area (Å²) in [6.07, 6.45) is 1.33. The predicted molar refractivity (Wildman–Crippen MR) is 79.5 cm³/mol. The molecule has 0 spiro atoms. The molecular weight excluding hydrogens is 324 g/mol. The lowest BCUT2D eigenvalue weighted by atomic mass is 10.2. The Morgan fingerprint density at radius 2 is 2.25 bits per heavy atom. The zero-order chi connectivity index (χ0) is 14.7. The van der Waals surface area contributed by atoms with Crippen molar-refractivity contribution in [2.75, 3.05) is 18.1 Å². The normalized spacial score (nSPS) is 14.8. The van der Waals surface area contributed by atoms with Gasteiger partial charge in [0, 0.05) is 16.7 Å². The maximum atomic E-state index is 12.2. The molecule has 0 radical (unpaired) electrons. The molecule has 5 nitrogen and oxygen atoms in total. The van der Waals surface area contributed by atoms with Gasteiger partial charge in [-0.25, -0.2) is 0 Å². The Hall–Kier alpha value is -1.40. The maximum Gasteiger partial charge on any atom is 0.316 e. The Labute approximate surface area is 126 Å². The van der Waals surface area contributed by atoms with Crippen molar-refractivity contribution in [1.29, 1.82) is 0 Å². The number of aliphatic hydroxyl groups is 1. The Balaban J connectivity index is 2.12. The monoisotopic (exact) mass is 340 g/mol. The molecule has 2 amide bonds. The number of nitrogens with one attached hydrogen (secondary N) is 1. The van der Waals surface area contributed by atoms with Gasteiger partial charge in [0.25, 0.3) is 0 Å². The summed E-state index contributed by atoms with van der Waals surface area (Å²) in [6, 6.07) is 5.34. The average Bonchev–Trinajstić information content (AvgIpc) is 2.86. The van der Waals surface area contributed by atoms with Gasteiger partial charge in [-0.15, -0.1) is 0 Å². The van der Waals surface area contributed by atoms with Crippen LogP contribution in [0.3, 0.4) is 0 Å². The number of carbonyl (C=O) groups is 2. The molecule has 1 atom stereocenters. The topological polar surface area (TPSA) is 69.6 Å². The Morgan fingerprint density at radius 1 is 1.50 bits per heavy atom. The molecule has 0 saturated carbocycles. The van der Waals surface area contributed by atoms with Crippen LogP contribution in [-0.4, -0.2) is 36.1 Å². The number of fused-ring (bicyclic) bond motifs is 1. The number of hydrogen-bond donors (Lipinski definition) is 2. The van der Waals surface area contributed by atoms with E-state index in [-0.39, 0.29) is 12.6 Å². The van der Waals surface area contributed by atoms with E-state index >= 15 is 0 Å². The van der Waals surface area contributed by atoms with E-state index in [1.807, 2.05) is 25.1 Å². The lowest BCUT2D eigenvalue weighted by molar-refractivity contribution is -0.138. The van der Waals surface area contributed by atoms with Crippen LogP contribution in [0.25, 0.3) is 0 Å². The predicted octanol–water partition coefficient (Wildman–Crippen LogP) is 1.23. The molecule has 1 heterocycles. The SMILES string of the molecule is CCC(CO)NC(=O)C(=O)N1CCc2ccc(Br)cc21. The van der Waals surface area contributed by atoms with Crippen LogP contribution < -0.4 is 10.2 Å². The van der Waals surface area contributed by atoms with Gasteiger partial charge in [0.05, 0.1) is 12.6 Å². The van der Waals surface area contributed by atoms with E-state index in [1.165, 1.54) is 4.90 Å². The fourth-order valence-corrected chi connectivity index (χ4v) is 2.56. The highest BCUT2D eigenvalue weighted by Crippen LogP contribution is 2.30. The summed E-state index contributed by atoms with van der Waals surface area (Å²) < 4.78 is 0.873. The zero-order valence-corrected chi connectivity index (χ0v) is 12.8. The summed E-state index contributed by atoms with van der Waals surface area (Å²) in [5.74, 6) is -1.24. The van der Waals surface area contributed by atoms with E-state index in [1.54, 1.807) is 0 Å². The van der Waals surface area contributed by atoms with Crippen molar-refractivity contribution in [2.45, 2.75) is 25.8 Å². The Kier molecular flexibility index (Phi) is 4.77. The molecule has 0 bridgehead atoms. The van der Waals surface area contributed by atoms with Gasteiger partial charge in [-0.3, -0.25) is 9.59 Å².